The van der Waals surface area contributed by atoms with E-state index in [-0.39, 0.29) is 38.1 Å². The maximum Gasteiger partial charge on any atom is 0 e. The second-order valence-electron chi connectivity index (χ2n) is 2.39. The van der Waals surface area contributed by atoms with E-state index < -0.39 is 0 Å². The Morgan fingerprint density at radius 1 is 1.09 bits per heavy atom. The smallest absolute Gasteiger partial charge is 0 e. The molecule has 3 nitrogen and oxygen atoms in total. The third-order valence-corrected chi connectivity index (χ3v) is 1.03. The van der Waals surface area contributed by atoms with Crippen molar-refractivity contribution >= 4 is 0 Å². The van der Waals surface area contributed by atoms with Crippen molar-refractivity contribution in [1.82, 2.24) is 0 Å². The van der Waals surface area contributed by atoms with Gasteiger partial charge in [-0.3, -0.25) is 0 Å². The van der Waals surface area contributed by atoms with E-state index in [1.54, 1.807) is 0 Å². The van der Waals surface area contributed by atoms with Gasteiger partial charge in [-0.05, 0) is 5.92 Å². The van der Waals surface area contributed by atoms with E-state index in [0.29, 0.717) is 0 Å². The third-order valence-electron chi connectivity index (χ3n) is 1.03. The van der Waals surface area contributed by atoms with Gasteiger partial charge in [0.15, 0.2) is 0 Å². The van der Waals surface area contributed by atoms with Crippen LogP contribution in [0.2, 0.25) is 0 Å². The number of hydrogen-bond donors (Lipinski definition) is 0. The van der Waals surface area contributed by atoms with Gasteiger partial charge in [0.25, 0.3) is 0 Å². The van der Waals surface area contributed by atoms with Crippen LogP contribution < -0.4 is 0 Å². The summed E-state index contributed by atoms with van der Waals surface area (Å²) >= 11 is 0. The molecule has 0 saturated carbocycles. The second kappa shape index (κ2) is 22.4. The molecule has 72 valence electrons. The fourth-order valence-electron chi connectivity index (χ4n) is 0.553. The van der Waals surface area contributed by atoms with Crippen molar-refractivity contribution in [3.63, 3.8) is 0 Å². The van der Waals surface area contributed by atoms with Crippen molar-refractivity contribution in [1.29, 1.82) is 0 Å². The predicted octanol–water partition coefficient (Wildman–Crippen LogP) is 0.170. The van der Waals surface area contributed by atoms with Crippen molar-refractivity contribution in [2.24, 2.45) is 5.92 Å². The molecule has 11 heavy (non-hydrogen) atoms. The largest absolute Gasteiger partial charge is 0.412 e. The Morgan fingerprint density at radius 3 is 1.55 bits per heavy atom. The molecule has 0 amide bonds. The van der Waals surface area contributed by atoms with Gasteiger partial charge < -0.3 is 23.4 Å². The summed E-state index contributed by atoms with van der Waals surface area (Å²) in [4.78, 5) is 0. The Morgan fingerprint density at radius 2 is 1.45 bits per heavy atom. The molecule has 0 aromatic carbocycles. The van der Waals surface area contributed by atoms with E-state index in [2.05, 4.69) is 20.8 Å². The molecular weight excluding hydrogens is 180 g/mol. The van der Waals surface area contributed by atoms with Gasteiger partial charge >= 0.3 is 0 Å². The predicted molar refractivity (Wildman–Crippen MR) is 44.9 cm³/mol. The monoisotopic (exact) mass is 201 g/mol. The van der Waals surface area contributed by atoms with Crippen molar-refractivity contribution in [3.8, 4) is 0 Å². The molecule has 0 atom stereocenters. The molecule has 0 saturated heterocycles. The van der Waals surface area contributed by atoms with E-state index in [1.165, 1.54) is 12.8 Å². The first-order chi connectivity index (χ1) is 3.27. The molecule has 0 bridgehead atoms. The van der Waals surface area contributed by atoms with Crippen molar-refractivity contribution < 1.29 is 38.1 Å². The standard InChI is InChI=1S/C7H15.3H2O.Ti/c1-4-5-6-7(2)3;;;;/h7H,1,4-6H2,2-3H3;3*1H2;/q-1;;;;. The third kappa shape index (κ3) is 37.1. The van der Waals surface area contributed by atoms with Crippen LogP contribution >= 0.6 is 0 Å². The first-order valence-corrected chi connectivity index (χ1v) is 3.06. The fraction of sp³-hybridized carbons (Fsp3) is 0.857. The van der Waals surface area contributed by atoms with Crippen molar-refractivity contribution in [2.75, 3.05) is 0 Å². The summed E-state index contributed by atoms with van der Waals surface area (Å²) in [6.07, 6.45) is 3.72. The van der Waals surface area contributed by atoms with Crippen LogP contribution in [0.3, 0.4) is 0 Å². The number of rotatable bonds is 3. The molecule has 0 fully saturated rings. The first-order valence-electron chi connectivity index (χ1n) is 3.06. The molecule has 6 N–H and O–H groups in total. The van der Waals surface area contributed by atoms with Crippen LogP contribution in [-0.4, -0.2) is 16.4 Å². The molecule has 0 aliphatic carbocycles. The van der Waals surface area contributed by atoms with Crippen molar-refractivity contribution in [3.05, 3.63) is 6.92 Å². The van der Waals surface area contributed by atoms with E-state index in [0.717, 1.165) is 12.3 Å². The quantitative estimate of drug-likeness (QED) is 0.459. The Balaban J connectivity index is -0.0000000300. The molecule has 0 spiro atoms. The van der Waals surface area contributed by atoms with Gasteiger partial charge in [-0.25, -0.2) is 0 Å². The Hall–Kier alpha value is 0.594. The zero-order valence-electron chi connectivity index (χ0n) is 7.41. The summed E-state index contributed by atoms with van der Waals surface area (Å²) in [7, 11) is 0. The molecular formula is C7H21O3Ti-. The van der Waals surface area contributed by atoms with Crippen LogP contribution in [0.25, 0.3) is 0 Å². The Labute approximate surface area is 84.4 Å². The average Bonchev–Trinajstić information content (AvgIpc) is 1.61. The Bertz CT molecular complexity index is 42.7. The van der Waals surface area contributed by atoms with Gasteiger partial charge in [0.2, 0.25) is 0 Å². The summed E-state index contributed by atoms with van der Waals surface area (Å²) < 4.78 is 0. The van der Waals surface area contributed by atoms with Gasteiger partial charge in [0, 0.05) is 21.7 Å². The second-order valence-corrected chi connectivity index (χ2v) is 2.39. The zero-order chi connectivity index (χ0) is 5.70. The van der Waals surface area contributed by atoms with Crippen molar-refractivity contribution in [2.45, 2.75) is 33.1 Å². The van der Waals surface area contributed by atoms with Gasteiger partial charge in [0.05, 0.1) is 0 Å². The minimum atomic E-state index is 0. The fourth-order valence-corrected chi connectivity index (χ4v) is 0.553. The molecule has 4 heteroatoms. The van der Waals surface area contributed by atoms with Gasteiger partial charge in [-0.2, -0.15) is 6.42 Å². The molecule has 0 rings (SSSR count). The average molecular weight is 201 g/mol. The van der Waals surface area contributed by atoms with Gasteiger partial charge in [-0.15, -0.1) is 0 Å². The van der Waals surface area contributed by atoms with Crippen LogP contribution in [0.15, 0.2) is 0 Å². The minimum Gasteiger partial charge on any atom is -0.412 e. The topological polar surface area (TPSA) is 94.5 Å². The first kappa shape index (κ1) is 29.9. The van der Waals surface area contributed by atoms with Crippen LogP contribution in [0, 0.1) is 12.8 Å². The maximum atomic E-state index is 3.76. The molecule has 0 aromatic heterocycles. The van der Waals surface area contributed by atoms with E-state index in [4.69, 9.17) is 0 Å². The van der Waals surface area contributed by atoms with E-state index >= 15 is 0 Å². The summed E-state index contributed by atoms with van der Waals surface area (Å²) in [5, 5.41) is 0. The summed E-state index contributed by atoms with van der Waals surface area (Å²) in [6.45, 7) is 8.25. The molecule has 0 aliphatic rings. The molecule has 0 aromatic rings. The molecule has 0 aliphatic heterocycles. The summed E-state index contributed by atoms with van der Waals surface area (Å²) in [5.74, 6) is 0.863. The van der Waals surface area contributed by atoms with E-state index in [9.17, 15) is 0 Å². The van der Waals surface area contributed by atoms with Crippen LogP contribution in [0.4, 0.5) is 0 Å². The minimum absolute atomic E-state index is 0. The Kier molecular flexibility index (Phi) is 61.0. The zero-order valence-corrected chi connectivity index (χ0v) is 8.97. The van der Waals surface area contributed by atoms with Crippen LogP contribution in [0.1, 0.15) is 33.1 Å². The molecule has 0 radical (unpaired) electrons. The van der Waals surface area contributed by atoms with Crippen LogP contribution in [-0.2, 0) is 21.7 Å². The molecule has 0 unspecified atom stereocenters. The SMILES string of the molecule is O.O.O.[CH2-]CCCC(C)C.[Ti]. The molecule has 0 heterocycles. The number of unbranched alkanes of at least 4 members (excludes halogenated alkanes) is 1. The van der Waals surface area contributed by atoms with Gasteiger partial charge in [-0.1, -0.05) is 26.7 Å². The van der Waals surface area contributed by atoms with Gasteiger partial charge in [0.1, 0.15) is 0 Å². The van der Waals surface area contributed by atoms with Crippen LogP contribution in [0.5, 0.6) is 0 Å². The van der Waals surface area contributed by atoms with E-state index in [1.807, 2.05) is 0 Å². The number of hydrogen-bond acceptors (Lipinski definition) is 0. The summed E-state index contributed by atoms with van der Waals surface area (Å²) in [5.41, 5.74) is 0. The maximum absolute atomic E-state index is 3.76. The summed E-state index contributed by atoms with van der Waals surface area (Å²) in [6, 6.07) is 0. The normalized spacial score (nSPS) is 6.55.